The van der Waals surface area contributed by atoms with E-state index in [-0.39, 0.29) is 6.04 Å². The molecule has 0 saturated carbocycles. The zero-order chi connectivity index (χ0) is 14.8. The molecule has 1 heterocycles. The Morgan fingerprint density at radius 2 is 1.75 bits per heavy atom. The van der Waals surface area contributed by atoms with Crippen molar-refractivity contribution >= 4 is 27.2 Å². The maximum Gasteiger partial charge on any atom is 0.243 e. The standard InChI is InChI=1S/C13H19N3O2S2/c1-11(13(14)19)15-7-9-16(10-8-15)20(17,18)12-5-3-2-4-6-12/h2-6,11H,7-10H2,1H3,(H2,14,19). The molecule has 1 aliphatic heterocycles. The van der Waals surface area contributed by atoms with Gasteiger partial charge in [0.05, 0.1) is 15.9 Å². The minimum absolute atomic E-state index is 0.00609. The van der Waals surface area contributed by atoms with E-state index in [1.165, 1.54) is 4.31 Å². The van der Waals surface area contributed by atoms with Crippen LogP contribution in [-0.2, 0) is 10.0 Å². The molecule has 1 aliphatic rings. The first-order valence-electron chi connectivity index (χ1n) is 6.51. The predicted octanol–water partition coefficient (Wildman–Crippen LogP) is 0.667. The number of nitrogens with zero attached hydrogens (tertiary/aromatic N) is 2. The van der Waals surface area contributed by atoms with Crippen molar-refractivity contribution in [1.82, 2.24) is 9.21 Å². The fourth-order valence-electron chi connectivity index (χ4n) is 2.25. The predicted molar refractivity (Wildman–Crippen MR) is 83.0 cm³/mol. The zero-order valence-electron chi connectivity index (χ0n) is 11.4. The number of piperazine rings is 1. The van der Waals surface area contributed by atoms with Gasteiger partial charge in [0.1, 0.15) is 0 Å². The average Bonchev–Trinajstić information content (AvgIpc) is 2.47. The van der Waals surface area contributed by atoms with E-state index in [1.807, 2.05) is 6.92 Å². The molecule has 1 aromatic rings. The number of benzene rings is 1. The van der Waals surface area contributed by atoms with Crippen LogP contribution in [-0.4, -0.2) is 54.8 Å². The number of thiocarbonyl (C=S) groups is 1. The number of hydrogen-bond acceptors (Lipinski definition) is 4. The molecular formula is C13H19N3O2S2. The van der Waals surface area contributed by atoms with Crippen LogP contribution in [0.1, 0.15) is 6.92 Å². The highest BCUT2D eigenvalue weighted by atomic mass is 32.2. The first kappa shape index (κ1) is 15.4. The quantitative estimate of drug-likeness (QED) is 0.828. The second kappa shape index (κ2) is 6.17. The van der Waals surface area contributed by atoms with Crippen molar-refractivity contribution in [3.63, 3.8) is 0 Å². The van der Waals surface area contributed by atoms with Crippen molar-refractivity contribution in [2.24, 2.45) is 5.73 Å². The molecule has 1 atom stereocenters. The molecule has 0 aliphatic carbocycles. The summed E-state index contributed by atoms with van der Waals surface area (Å²) in [4.78, 5) is 2.90. The lowest BCUT2D eigenvalue weighted by Crippen LogP contribution is -2.53. The highest BCUT2D eigenvalue weighted by Gasteiger charge is 2.30. The van der Waals surface area contributed by atoms with Gasteiger partial charge in [0, 0.05) is 26.2 Å². The maximum absolute atomic E-state index is 12.5. The lowest BCUT2D eigenvalue weighted by molar-refractivity contribution is 0.175. The minimum atomic E-state index is -3.39. The summed E-state index contributed by atoms with van der Waals surface area (Å²) in [6.45, 7) is 4.16. The summed E-state index contributed by atoms with van der Waals surface area (Å²) in [7, 11) is -3.39. The van der Waals surface area contributed by atoms with Crippen molar-refractivity contribution < 1.29 is 8.42 Å². The molecule has 0 radical (unpaired) electrons. The van der Waals surface area contributed by atoms with Crippen LogP contribution in [0, 0.1) is 0 Å². The van der Waals surface area contributed by atoms with E-state index in [2.05, 4.69) is 4.90 Å². The largest absolute Gasteiger partial charge is 0.392 e. The molecule has 5 nitrogen and oxygen atoms in total. The van der Waals surface area contributed by atoms with Gasteiger partial charge in [0.25, 0.3) is 0 Å². The summed E-state index contributed by atoms with van der Waals surface area (Å²) in [5, 5.41) is 0. The summed E-state index contributed by atoms with van der Waals surface area (Å²) in [6.07, 6.45) is 0. The monoisotopic (exact) mass is 313 g/mol. The van der Waals surface area contributed by atoms with E-state index in [4.69, 9.17) is 18.0 Å². The Balaban J connectivity index is 2.06. The maximum atomic E-state index is 12.5. The Morgan fingerprint density at radius 1 is 1.20 bits per heavy atom. The minimum Gasteiger partial charge on any atom is -0.392 e. The SMILES string of the molecule is CC(C(N)=S)N1CCN(S(=O)(=O)c2ccccc2)CC1. The van der Waals surface area contributed by atoms with E-state index < -0.39 is 10.0 Å². The molecule has 0 bridgehead atoms. The number of sulfonamides is 1. The van der Waals surface area contributed by atoms with E-state index >= 15 is 0 Å². The van der Waals surface area contributed by atoms with Crippen molar-refractivity contribution in [2.75, 3.05) is 26.2 Å². The van der Waals surface area contributed by atoms with Gasteiger partial charge in [-0.05, 0) is 19.1 Å². The van der Waals surface area contributed by atoms with Gasteiger partial charge in [-0.3, -0.25) is 4.90 Å². The zero-order valence-corrected chi connectivity index (χ0v) is 13.0. The van der Waals surface area contributed by atoms with Crippen LogP contribution < -0.4 is 5.73 Å². The van der Waals surface area contributed by atoms with Gasteiger partial charge in [-0.25, -0.2) is 8.42 Å². The molecule has 2 N–H and O–H groups in total. The van der Waals surface area contributed by atoms with E-state index in [9.17, 15) is 8.42 Å². The molecule has 1 fully saturated rings. The molecular weight excluding hydrogens is 294 g/mol. The highest BCUT2D eigenvalue weighted by Crippen LogP contribution is 2.17. The molecule has 1 aromatic carbocycles. The van der Waals surface area contributed by atoms with Crippen LogP contribution in [0.15, 0.2) is 35.2 Å². The molecule has 2 rings (SSSR count). The van der Waals surface area contributed by atoms with Crippen LogP contribution in [0.2, 0.25) is 0 Å². The van der Waals surface area contributed by atoms with Gasteiger partial charge >= 0.3 is 0 Å². The summed E-state index contributed by atoms with van der Waals surface area (Å²) in [6, 6.07) is 8.53. The van der Waals surface area contributed by atoms with Crippen molar-refractivity contribution in [3.8, 4) is 0 Å². The fourth-order valence-corrected chi connectivity index (χ4v) is 3.85. The molecule has 0 aromatic heterocycles. The summed E-state index contributed by atoms with van der Waals surface area (Å²) in [5.74, 6) is 0. The van der Waals surface area contributed by atoms with E-state index in [0.29, 0.717) is 36.1 Å². The van der Waals surface area contributed by atoms with Crippen LogP contribution in [0.3, 0.4) is 0 Å². The summed E-state index contributed by atoms with van der Waals surface area (Å²) < 4.78 is 26.4. The second-order valence-corrected chi connectivity index (χ2v) is 7.24. The molecule has 110 valence electrons. The normalized spacial score (nSPS) is 19.6. The van der Waals surface area contributed by atoms with Gasteiger partial charge in [-0.2, -0.15) is 4.31 Å². The topological polar surface area (TPSA) is 66.6 Å². The highest BCUT2D eigenvalue weighted by molar-refractivity contribution is 7.89. The van der Waals surface area contributed by atoms with Crippen LogP contribution in [0.4, 0.5) is 0 Å². The molecule has 0 spiro atoms. The number of rotatable bonds is 4. The first-order valence-corrected chi connectivity index (χ1v) is 8.36. The molecule has 20 heavy (non-hydrogen) atoms. The smallest absolute Gasteiger partial charge is 0.243 e. The van der Waals surface area contributed by atoms with Crippen LogP contribution >= 0.6 is 12.2 Å². The molecule has 1 saturated heterocycles. The van der Waals surface area contributed by atoms with Crippen molar-refractivity contribution in [1.29, 1.82) is 0 Å². The van der Waals surface area contributed by atoms with Crippen molar-refractivity contribution in [2.45, 2.75) is 17.9 Å². The number of nitrogens with two attached hydrogens (primary N) is 1. The van der Waals surface area contributed by atoms with Gasteiger partial charge < -0.3 is 5.73 Å². The van der Waals surface area contributed by atoms with E-state index in [1.54, 1.807) is 30.3 Å². The third-order valence-electron chi connectivity index (χ3n) is 3.61. The van der Waals surface area contributed by atoms with Crippen LogP contribution in [0.5, 0.6) is 0 Å². The van der Waals surface area contributed by atoms with Gasteiger partial charge in [0.2, 0.25) is 10.0 Å². The Morgan fingerprint density at radius 3 is 2.25 bits per heavy atom. The average molecular weight is 313 g/mol. The third-order valence-corrected chi connectivity index (χ3v) is 5.87. The third kappa shape index (κ3) is 3.17. The number of hydrogen-bond donors (Lipinski definition) is 1. The lowest BCUT2D eigenvalue weighted by atomic mass is 10.2. The van der Waals surface area contributed by atoms with Crippen LogP contribution in [0.25, 0.3) is 0 Å². The summed E-state index contributed by atoms with van der Waals surface area (Å²) >= 11 is 4.98. The van der Waals surface area contributed by atoms with Crippen molar-refractivity contribution in [3.05, 3.63) is 30.3 Å². The Hall–Kier alpha value is -1.02. The summed E-state index contributed by atoms with van der Waals surface area (Å²) in [5.41, 5.74) is 5.64. The van der Waals surface area contributed by atoms with Gasteiger partial charge in [-0.15, -0.1) is 0 Å². The first-order chi connectivity index (χ1) is 9.43. The Kier molecular flexibility index (Phi) is 4.74. The van der Waals surface area contributed by atoms with Gasteiger partial charge in [0.15, 0.2) is 0 Å². The van der Waals surface area contributed by atoms with E-state index in [0.717, 1.165) is 0 Å². The second-order valence-electron chi connectivity index (χ2n) is 4.83. The molecule has 7 heteroatoms. The Labute approximate surface area is 125 Å². The molecule has 1 unspecified atom stereocenters. The van der Waals surface area contributed by atoms with Gasteiger partial charge in [-0.1, -0.05) is 30.4 Å². The fraction of sp³-hybridized carbons (Fsp3) is 0.462. The lowest BCUT2D eigenvalue weighted by Gasteiger charge is -2.36. The molecule has 0 amide bonds. The Bertz CT molecular complexity index is 567.